The molecule has 1 aromatic heterocycles. The zero-order valence-corrected chi connectivity index (χ0v) is 12.3. The predicted octanol–water partition coefficient (Wildman–Crippen LogP) is 2.28. The third-order valence-electron chi connectivity index (χ3n) is 2.57. The van der Waals surface area contributed by atoms with Gasteiger partial charge in [-0.25, -0.2) is 13.4 Å². The van der Waals surface area contributed by atoms with Crippen LogP contribution in [-0.4, -0.2) is 30.2 Å². The lowest BCUT2D eigenvalue weighted by Gasteiger charge is -2.18. The van der Waals surface area contributed by atoms with Crippen LogP contribution >= 0.6 is 0 Å². The number of imidazole rings is 1. The lowest BCUT2D eigenvalue weighted by Crippen LogP contribution is -2.19. The Balaban J connectivity index is 2.31. The van der Waals surface area contributed by atoms with Gasteiger partial charge in [0.05, 0.1) is 21.5 Å². The molecule has 0 saturated carbocycles. The van der Waals surface area contributed by atoms with Crippen LogP contribution in [0.15, 0.2) is 23.1 Å². The number of aromatic amines is 1. The molecule has 19 heavy (non-hydrogen) atoms. The Labute approximate surface area is 112 Å². The van der Waals surface area contributed by atoms with Crippen molar-refractivity contribution >= 4 is 20.9 Å². The SMILES string of the molecule is CC(C)(C)OCc1nc2ccc(S(C)(=O)=O)cc2[nH]1. The molecule has 1 N–H and O–H groups in total. The van der Waals surface area contributed by atoms with E-state index in [1.807, 2.05) is 20.8 Å². The number of aromatic nitrogens is 2. The van der Waals surface area contributed by atoms with Crippen molar-refractivity contribution in [2.75, 3.05) is 6.26 Å². The highest BCUT2D eigenvalue weighted by Crippen LogP contribution is 2.18. The van der Waals surface area contributed by atoms with Crippen LogP contribution < -0.4 is 0 Å². The molecule has 0 unspecified atom stereocenters. The minimum absolute atomic E-state index is 0.239. The number of nitrogens with zero attached hydrogens (tertiary/aromatic N) is 1. The molecule has 2 aromatic rings. The second kappa shape index (κ2) is 4.61. The summed E-state index contributed by atoms with van der Waals surface area (Å²) in [6, 6.07) is 4.86. The summed E-state index contributed by atoms with van der Waals surface area (Å²) in [6.45, 7) is 6.28. The molecule has 1 heterocycles. The summed E-state index contributed by atoms with van der Waals surface area (Å²) in [6.07, 6.45) is 1.19. The maximum absolute atomic E-state index is 11.5. The molecule has 0 radical (unpaired) electrons. The standard InChI is InChI=1S/C13H18N2O3S/c1-13(2,3)18-8-12-14-10-6-5-9(19(4,16)17)7-11(10)15-12/h5-7H,8H2,1-4H3,(H,14,15). The summed E-state index contributed by atoms with van der Waals surface area (Å²) in [4.78, 5) is 7.73. The van der Waals surface area contributed by atoms with Crippen molar-refractivity contribution in [3.8, 4) is 0 Å². The summed E-state index contributed by atoms with van der Waals surface area (Å²) in [5.74, 6) is 0.690. The number of sulfone groups is 1. The van der Waals surface area contributed by atoms with E-state index >= 15 is 0 Å². The second-order valence-corrected chi connectivity index (χ2v) is 7.55. The number of nitrogens with one attached hydrogen (secondary N) is 1. The Bertz CT molecular complexity index is 696. The smallest absolute Gasteiger partial charge is 0.175 e. The van der Waals surface area contributed by atoms with Gasteiger partial charge in [-0.15, -0.1) is 0 Å². The minimum atomic E-state index is -3.20. The molecule has 0 bridgehead atoms. The van der Waals surface area contributed by atoms with Crippen LogP contribution in [0.25, 0.3) is 11.0 Å². The van der Waals surface area contributed by atoms with Gasteiger partial charge < -0.3 is 9.72 Å². The Morgan fingerprint density at radius 3 is 2.58 bits per heavy atom. The van der Waals surface area contributed by atoms with Crippen LogP contribution in [0.1, 0.15) is 26.6 Å². The maximum Gasteiger partial charge on any atom is 0.175 e. The maximum atomic E-state index is 11.5. The van der Waals surface area contributed by atoms with Gasteiger partial charge in [0.15, 0.2) is 9.84 Å². The second-order valence-electron chi connectivity index (χ2n) is 5.54. The number of rotatable bonds is 3. The molecule has 5 nitrogen and oxygen atoms in total. The average Bonchev–Trinajstić information content (AvgIpc) is 2.65. The summed E-state index contributed by atoms with van der Waals surface area (Å²) in [5, 5.41) is 0. The molecule has 104 valence electrons. The molecular formula is C13H18N2O3S. The fourth-order valence-electron chi connectivity index (χ4n) is 1.63. The number of H-pyrrole nitrogens is 1. The lowest BCUT2D eigenvalue weighted by atomic mass is 10.2. The molecule has 6 heteroatoms. The molecule has 0 amide bonds. The quantitative estimate of drug-likeness (QED) is 0.937. The Morgan fingerprint density at radius 2 is 2.00 bits per heavy atom. The fourth-order valence-corrected chi connectivity index (χ4v) is 2.27. The van der Waals surface area contributed by atoms with E-state index in [1.165, 1.54) is 6.26 Å². The van der Waals surface area contributed by atoms with Crippen molar-refractivity contribution in [2.45, 2.75) is 37.9 Å². The molecule has 0 aliphatic carbocycles. The van der Waals surface area contributed by atoms with Crippen molar-refractivity contribution < 1.29 is 13.2 Å². The third kappa shape index (κ3) is 3.54. The van der Waals surface area contributed by atoms with Gasteiger partial charge in [0.2, 0.25) is 0 Å². The topological polar surface area (TPSA) is 72.0 Å². The predicted molar refractivity (Wildman–Crippen MR) is 73.7 cm³/mol. The van der Waals surface area contributed by atoms with Gasteiger partial charge in [-0.05, 0) is 39.0 Å². The number of hydrogen-bond donors (Lipinski definition) is 1. The van der Waals surface area contributed by atoms with E-state index in [-0.39, 0.29) is 10.5 Å². The summed E-state index contributed by atoms with van der Waals surface area (Å²) < 4.78 is 28.6. The Hall–Kier alpha value is -1.40. The molecule has 0 fully saturated rings. The molecule has 0 saturated heterocycles. The first-order chi connectivity index (χ1) is 8.65. The third-order valence-corrected chi connectivity index (χ3v) is 3.68. The largest absolute Gasteiger partial charge is 0.368 e. The zero-order chi connectivity index (χ0) is 14.3. The average molecular weight is 282 g/mol. The first-order valence-corrected chi connectivity index (χ1v) is 7.87. The summed E-state index contributed by atoms with van der Waals surface area (Å²) >= 11 is 0. The Morgan fingerprint density at radius 1 is 1.32 bits per heavy atom. The normalized spacial score (nSPS) is 13.1. The van der Waals surface area contributed by atoms with E-state index in [9.17, 15) is 8.42 Å². The van der Waals surface area contributed by atoms with E-state index in [0.29, 0.717) is 17.9 Å². The van der Waals surface area contributed by atoms with Crippen molar-refractivity contribution in [1.29, 1.82) is 0 Å². The van der Waals surface area contributed by atoms with Gasteiger partial charge in [0.1, 0.15) is 12.4 Å². The molecule has 0 aliphatic rings. The van der Waals surface area contributed by atoms with Crippen molar-refractivity contribution in [3.63, 3.8) is 0 Å². The first-order valence-electron chi connectivity index (χ1n) is 5.98. The van der Waals surface area contributed by atoms with Crippen molar-refractivity contribution in [3.05, 3.63) is 24.0 Å². The van der Waals surface area contributed by atoms with Gasteiger partial charge in [-0.3, -0.25) is 0 Å². The van der Waals surface area contributed by atoms with Gasteiger partial charge in [0.25, 0.3) is 0 Å². The fraction of sp³-hybridized carbons (Fsp3) is 0.462. The molecule has 0 aliphatic heterocycles. The zero-order valence-electron chi connectivity index (χ0n) is 11.5. The van der Waals surface area contributed by atoms with E-state index < -0.39 is 9.84 Å². The molecule has 1 aromatic carbocycles. The van der Waals surface area contributed by atoms with Crippen LogP contribution in [-0.2, 0) is 21.2 Å². The van der Waals surface area contributed by atoms with Crippen molar-refractivity contribution in [1.82, 2.24) is 9.97 Å². The molecule has 0 spiro atoms. The summed E-state index contributed by atoms with van der Waals surface area (Å²) in [7, 11) is -3.20. The van der Waals surface area contributed by atoms with Gasteiger partial charge in [-0.2, -0.15) is 0 Å². The number of hydrogen-bond acceptors (Lipinski definition) is 4. The van der Waals surface area contributed by atoms with E-state index in [0.717, 1.165) is 5.52 Å². The summed E-state index contributed by atoms with van der Waals surface area (Å²) in [5.41, 5.74) is 1.20. The monoisotopic (exact) mass is 282 g/mol. The van der Waals surface area contributed by atoms with Gasteiger partial charge in [-0.1, -0.05) is 0 Å². The molecule has 2 rings (SSSR count). The lowest BCUT2D eigenvalue weighted by molar-refractivity contribution is -0.0177. The minimum Gasteiger partial charge on any atom is -0.368 e. The number of ether oxygens (including phenoxy) is 1. The van der Waals surface area contributed by atoms with Crippen LogP contribution in [0.3, 0.4) is 0 Å². The van der Waals surface area contributed by atoms with Gasteiger partial charge >= 0.3 is 0 Å². The van der Waals surface area contributed by atoms with Crippen LogP contribution in [0, 0.1) is 0 Å². The first kappa shape index (κ1) is 14.0. The highest BCUT2D eigenvalue weighted by molar-refractivity contribution is 7.90. The van der Waals surface area contributed by atoms with E-state index in [1.54, 1.807) is 18.2 Å². The van der Waals surface area contributed by atoms with Gasteiger partial charge in [0, 0.05) is 6.26 Å². The molecular weight excluding hydrogens is 264 g/mol. The van der Waals surface area contributed by atoms with E-state index in [2.05, 4.69) is 9.97 Å². The van der Waals surface area contributed by atoms with Crippen LogP contribution in [0.5, 0.6) is 0 Å². The highest BCUT2D eigenvalue weighted by Gasteiger charge is 2.13. The van der Waals surface area contributed by atoms with E-state index in [4.69, 9.17) is 4.74 Å². The van der Waals surface area contributed by atoms with Crippen molar-refractivity contribution in [2.24, 2.45) is 0 Å². The number of benzene rings is 1. The Kier molecular flexibility index (Phi) is 3.40. The molecule has 0 atom stereocenters. The van der Waals surface area contributed by atoms with Crippen LogP contribution in [0.2, 0.25) is 0 Å². The van der Waals surface area contributed by atoms with Crippen LogP contribution in [0.4, 0.5) is 0 Å². The highest BCUT2D eigenvalue weighted by atomic mass is 32.2. The number of fused-ring (bicyclic) bond motifs is 1.